The number of carbonyl (C=O) groups excluding carboxylic acids is 1. The monoisotopic (exact) mass is 843 g/mol. The number of nitrogens with zero attached hydrogens (tertiary/aromatic N) is 6. The van der Waals surface area contributed by atoms with Crippen LogP contribution >= 0.6 is 11.6 Å². The van der Waals surface area contributed by atoms with Crippen LogP contribution in [0.2, 0.25) is 5.28 Å². The molecule has 0 radical (unpaired) electrons. The average molecular weight is 844 g/mol. The molecule has 2 amide bonds. The van der Waals surface area contributed by atoms with Crippen molar-refractivity contribution in [2.75, 3.05) is 22.6 Å². The first-order valence-corrected chi connectivity index (χ1v) is 20.2. The molecule has 5 aromatic rings. The van der Waals surface area contributed by atoms with Gasteiger partial charge in [0.15, 0.2) is 0 Å². The van der Waals surface area contributed by atoms with Crippen molar-refractivity contribution in [1.29, 1.82) is 0 Å². The first-order valence-electron chi connectivity index (χ1n) is 14.1. The van der Waals surface area contributed by atoms with E-state index >= 15 is 0 Å². The van der Waals surface area contributed by atoms with Crippen molar-refractivity contribution in [2.24, 2.45) is 16.0 Å². The number of hydrogen-bond acceptors (Lipinski definition) is 16. The average Bonchev–Trinajstić information content (AvgIpc) is 3.04. The number of hydrogen-bond donors (Lipinski definition) is 7. The van der Waals surface area contributed by atoms with E-state index in [9.17, 15) is 56.7 Å². The van der Waals surface area contributed by atoms with Gasteiger partial charge in [0.25, 0.3) is 40.5 Å². The number of amides is 2. The minimum absolute atomic E-state index is 0.0191. The summed E-state index contributed by atoms with van der Waals surface area (Å²) in [5.41, 5.74) is 4.80. The molecule has 0 saturated heterocycles. The Bertz CT molecular complexity index is 2840. The summed E-state index contributed by atoms with van der Waals surface area (Å²) in [6.07, 6.45) is 0. The van der Waals surface area contributed by atoms with Crippen LogP contribution in [-0.2, 0) is 40.5 Å². The zero-order valence-corrected chi connectivity index (χ0v) is 30.6. The Kier molecular flexibility index (Phi) is 10.6. The first-order chi connectivity index (χ1) is 24.9. The number of urea groups is 1. The second kappa shape index (κ2) is 14.4. The Balaban J connectivity index is 1.54. The van der Waals surface area contributed by atoms with Crippen LogP contribution in [0.25, 0.3) is 10.8 Å². The molecule has 0 atom stereocenters. The topological polar surface area (TPSA) is 351 Å². The van der Waals surface area contributed by atoms with Gasteiger partial charge in [-0.15, -0.1) is 10.2 Å². The van der Waals surface area contributed by atoms with Crippen molar-refractivity contribution in [3.8, 4) is 0 Å². The van der Waals surface area contributed by atoms with E-state index in [1.165, 1.54) is 42.3 Å². The molecule has 0 spiro atoms. The van der Waals surface area contributed by atoms with Crippen LogP contribution in [-0.4, -0.2) is 79.9 Å². The van der Waals surface area contributed by atoms with Gasteiger partial charge in [-0.25, -0.2) is 4.79 Å². The standard InChI is InChI=1S/C27H22ClN9O13S4/c1-37(15-3-5-16(6-4-15)51(39,40)41)27-33-24(28)32-26(34-27)30-14-2-7-19(20(10-14)31-25(29)38)35-36-21-12-18-13(9-23(21)54(48,49)50)8-17(52(42,43)44)11-22(18)53(45,46)47/h2-12H,1H3,(H3,29,31,38)(H,39,40,41)(H,42,43,44)(H,45,46,47)(H,48,49,50)(H,30,32,33,34). The van der Waals surface area contributed by atoms with Crippen LogP contribution in [0.15, 0.2) is 96.5 Å². The van der Waals surface area contributed by atoms with Gasteiger partial charge in [0.1, 0.15) is 21.2 Å². The number of azo groups is 1. The van der Waals surface area contributed by atoms with E-state index in [0.29, 0.717) is 23.9 Å². The van der Waals surface area contributed by atoms with Gasteiger partial charge in [-0.3, -0.25) is 18.2 Å². The van der Waals surface area contributed by atoms with Crippen LogP contribution in [0.1, 0.15) is 0 Å². The molecule has 0 fully saturated rings. The third-order valence-corrected chi connectivity index (χ3v) is 10.7. The number of benzene rings is 4. The lowest BCUT2D eigenvalue weighted by atomic mass is 10.1. The van der Waals surface area contributed by atoms with Crippen molar-refractivity contribution in [2.45, 2.75) is 19.6 Å². The minimum atomic E-state index is -5.21. The number of primary amides is 1. The SMILES string of the molecule is CN(c1ccc(S(=O)(=O)O)cc1)c1nc(Cl)nc(Nc2ccc(N=Nc3cc4c(S(=O)(=O)O)cc(S(=O)(=O)O)cc4cc3S(=O)(=O)O)c(NC(N)=O)c2)n1. The highest BCUT2D eigenvalue weighted by molar-refractivity contribution is 7.87. The van der Waals surface area contributed by atoms with E-state index < -0.39 is 77.6 Å². The number of rotatable bonds is 11. The molecule has 27 heteroatoms. The summed E-state index contributed by atoms with van der Waals surface area (Å²) < 4.78 is 133. The molecule has 8 N–H and O–H groups in total. The molecule has 0 aliphatic heterocycles. The molecule has 0 aliphatic rings. The highest BCUT2D eigenvalue weighted by Gasteiger charge is 2.25. The van der Waals surface area contributed by atoms with Crippen LogP contribution in [0.5, 0.6) is 0 Å². The normalized spacial score (nSPS) is 12.6. The zero-order valence-electron chi connectivity index (χ0n) is 26.6. The van der Waals surface area contributed by atoms with Gasteiger partial charge in [0, 0.05) is 23.8 Å². The molecule has 284 valence electrons. The second-order valence-electron chi connectivity index (χ2n) is 10.7. The van der Waals surface area contributed by atoms with Gasteiger partial charge < -0.3 is 21.3 Å². The van der Waals surface area contributed by atoms with Crippen molar-refractivity contribution < 1.29 is 56.7 Å². The van der Waals surface area contributed by atoms with E-state index in [4.69, 9.17) is 17.3 Å². The molecule has 0 bridgehead atoms. The molecule has 0 unspecified atom stereocenters. The second-order valence-corrected chi connectivity index (χ2v) is 16.7. The molecule has 0 aliphatic carbocycles. The molecule has 0 saturated carbocycles. The van der Waals surface area contributed by atoms with Crippen LogP contribution in [0.3, 0.4) is 0 Å². The largest absolute Gasteiger partial charge is 0.351 e. The maximum absolute atomic E-state index is 12.3. The van der Waals surface area contributed by atoms with Gasteiger partial charge in [-0.05, 0) is 83.7 Å². The summed E-state index contributed by atoms with van der Waals surface area (Å²) in [5.74, 6) is -0.152. The quantitative estimate of drug-likeness (QED) is 0.0727. The maximum Gasteiger partial charge on any atom is 0.316 e. The molecular formula is C27H22ClN9O13S4. The summed E-state index contributed by atoms with van der Waals surface area (Å²) in [7, 11) is -18.4. The van der Waals surface area contributed by atoms with Crippen molar-refractivity contribution >= 4 is 109 Å². The smallest absolute Gasteiger partial charge is 0.316 e. The number of halogens is 1. The number of aromatic nitrogens is 3. The molecule has 4 aromatic carbocycles. The fourth-order valence-corrected chi connectivity index (χ4v) is 7.26. The Morgan fingerprint density at radius 2 is 1.33 bits per heavy atom. The predicted molar refractivity (Wildman–Crippen MR) is 190 cm³/mol. The zero-order chi connectivity index (χ0) is 40.0. The first kappa shape index (κ1) is 39.8. The van der Waals surface area contributed by atoms with Crippen LogP contribution < -0.4 is 21.3 Å². The van der Waals surface area contributed by atoms with E-state index in [2.05, 4.69) is 35.8 Å². The molecular weight excluding hydrogens is 822 g/mol. The van der Waals surface area contributed by atoms with Crippen molar-refractivity contribution in [3.63, 3.8) is 0 Å². The van der Waals surface area contributed by atoms with Crippen LogP contribution in [0.4, 0.5) is 45.1 Å². The Labute approximate surface area is 309 Å². The lowest BCUT2D eigenvalue weighted by Gasteiger charge is -2.18. The summed E-state index contributed by atoms with van der Waals surface area (Å²) in [6, 6.07) is 10.3. The third-order valence-electron chi connectivity index (χ3n) is 7.02. The number of anilines is 5. The van der Waals surface area contributed by atoms with Crippen LogP contribution in [0, 0.1) is 0 Å². The van der Waals surface area contributed by atoms with Gasteiger partial charge in [-0.2, -0.15) is 48.6 Å². The van der Waals surface area contributed by atoms with Crippen molar-refractivity contribution in [1.82, 2.24) is 15.0 Å². The van der Waals surface area contributed by atoms with Gasteiger partial charge in [-0.1, -0.05) is 0 Å². The molecule has 1 aromatic heterocycles. The van der Waals surface area contributed by atoms with Gasteiger partial charge in [0.2, 0.25) is 17.2 Å². The van der Waals surface area contributed by atoms with E-state index in [1.54, 1.807) is 0 Å². The number of nitrogens with one attached hydrogen (secondary N) is 2. The highest BCUT2D eigenvalue weighted by atomic mass is 35.5. The lowest BCUT2D eigenvalue weighted by Crippen LogP contribution is -2.19. The van der Waals surface area contributed by atoms with E-state index in [1.807, 2.05) is 0 Å². The van der Waals surface area contributed by atoms with Gasteiger partial charge >= 0.3 is 6.03 Å². The maximum atomic E-state index is 12.3. The summed E-state index contributed by atoms with van der Waals surface area (Å²) in [6.45, 7) is 0. The minimum Gasteiger partial charge on any atom is -0.351 e. The van der Waals surface area contributed by atoms with E-state index in [0.717, 1.165) is 18.2 Å². The highest BCUT2D eigenvalue weighted by Crippen LogP contribution is 2.37. The van der Waals surface area contributed by atoms with Gasteiger partial charge in [0.05, 0.1) is 15.5 Å². The summed E-state index contributed by atoms with van der Waals surface area (Å²) >= 11 is 6.11. The number of carbonyl (C=O) groups is 1. The Morgan fingerprint density at radius 3 is 1.91 bits per heavy atom. The fourth-order valence-electron chi connectivity index (χ4n) is 4.64. The Hall–Kier alpha value is -5.45. The Morgan fingerprint density at radius 1 is 0.722 bits per heavy atom. The van der Waals surface area contributed by atoms with Crippen molar-refractivity contribution in [3.05, 3.63) is 72.0 Å². The number of fused-ring (bicyclic) bond motifs is 1. The number of nitrogens with two attached hydrogens (primary N) is 1. The lowest BCUT2D eigenvalue weighted by molar-refractivity contribution is 0.259. The fraction of sp³-hybridized carbons (Fsp3) is 0.0370. The van der Waals surface area contributed by atoms with E-state index in [-0.39, 0.29) is 39.1 Å². The summed E-state index contributed by atoms with van der Waals surface area (Å²) in [4.78, 5) is 22.1. The molecule has 22 nitrogen and oxygen atoms in total. The molecule has 5 rings (SSSR count). The molecule has 54 heavy (non-hydrogen) atoms. The predicted octanol–water partition coefficient (Wildman–Crippen LogP) is 4.08. The molecule has 1 heterocycles. The summed E-state index contributed by atoms with van der Waals surface area (Å²) in [5, 5.41) is 11.5. The third kappa shape index (κ3) is 9.18.